The average Bonchev–Trinajstić information content (AvgIpc) is 3.44. The van der Waals surface area contributed by atoms with Crippen molar-refractivity contribution in [3.05, 3.63) is 130 Å². The molecule has 0 aliphatic heterocycles. The molecule has 8 nitrogen and oxygen atoms in total. The predicted molar refractivity (Wildman–Crippen MR) is 191 cm³/mol. The van der Waals surface area contributed by atoms with E-state index in [0.29, 0.717) is 27.7 Å². The SMILES string of the molecule is COc1cccc(/C=C(\NC(=O)c2ccccc2)C(=O)Nc2cccc(SC(C)C(=O)Nc3nc(-c4ccc(C)cc4)c(C)s3)c2)c1. The van der Waals surface area contributed by atoms with E-state index in [2.05, 4.69) is 20.9 Å². The summed E-state index contributed by atoms with van der Waals surface area (Å²) in [5.41, 5.74) is 4.69. The summed E-state index contributed by atoms with van der Waals surface area (Å²) in [7, 11) is 1.56. The predicted octanol–water partition coefficient (Wildman–Crippen LogP) is 7.96. The van der Waals surface area contributed by atoms with Crippen LogP contribution in [-0.2, 0) is 9.59 Å². The Hall–Kier alpha value is -5.19. The topological polar surface area (TPSA) is 109 Å². The van der Waals surface area contributed by atoms with Crippen molar-refractivity contribution in [2.45, 2.75) is 30.9 Å². The van der Waals surface area contributed by atoms with Gasteiger partial charge in [0.05, 0.1) is 18.1 Å². The number of carbonyl (C=O) groups excluding carboxylic acids is 3. The first-order valence-corrected chi connectivity index (χ1v) is 16.5. The summed E-state index contributed by atoms with van der Waals surface area (Å²) in [6.07, 6.45) is 1.59. The second kappa shape index (κ2) is 15.4. The van der Waals surface area contributed by atoms with Crippen LogP contribution < -0.4 is 20.7 Å². The lowest BCUT2D eigenvalue weighted by molar-refractivity contribution is -0.115. The molecule has 0 bridgehead atoms. The van der Waals surface area contributed by atoms with Gasteiger partial charge in [0.1, 0.15) is 11.4 Å². The molecular formula is C37H34N4O4S2. The number of rotatable bonds is 11. The molecule has 0 aliphatic carbocycles. The van der Waals surface area contributed by atoms with Gasteiger partial charge in [0.15, 0.2) is 5.13 Å². The molecule has 1 unspecified atom stereocenters. The Morgan fingerprint density at radius 2 is 1.62 bits per heavy atom. The Balaban J connectivity index is 1.27. The molecule has 5 aromatic rings. The number of benzene rings is 4. The number of ether oxygens (including phenoxy) is 1. The second-order valence-electron chi connectivity index (χ2n) is 10.7. The third-order valence-corrected chi connectivity index (χ3v) is 9.04. The molecule has 1 atom stereocenters. The van der Waals surface area contributed by atoms with E-state index < -0.39 is 17.1 Å². The molecule has 47 heavy (non-hydrogen) atoms. The van der Waals surface area contributed by atoms with E-state index in [1.807, 2.05) is 63.2 Å². The van der Waals surface area contributed by atoms with Crippen LogP contribution in [0.4, 0.5) is 10.8 Å². The average molecular weight is 663 g/mol. The highest BCUT2D eigenvalue weighted by Crippen LogP contribution is 2.32. The first-order chi connectivity index (χ1) is 22.7. The van der Waals surface area contributed by atoms with Gasteiger partial charge in [-0.1, -0.05) is 66.2 Å². The highest BCUT2D eigenvalue weighted by atomic mass is 32.2. The monoisotopic (exact) mass is 662 g/mol. The number of carbonyl (C=O) groups is 3. The zero-order valence-electron chi connectivity index (χ0n) is 26.4. The maximum atomic E-state index is 13.5. The molecule has 238 valence electrons. The number of nitrogens with zero attached hydrogens (tertiary/aromatic N) is 1. The van der Waals surface area contributed by atoms with E-state index in [9.17, 15) is 14.4 Å². The quantitative estimate of drug-likeness (QED) is 0.0978. The number of aryl methyl sites for hydroxylation is 2. The van der Waals surface area contributed by atoms with Crippen LogP contribution in [0, 0.1) is 13.8 Å². The van der Waals surface area contributed by atoms with Gasteiger partial charge in [-0.3, -0.25) is 14.4 Å². The van der Waals surface area contributed by atoms with Crippen LogP contribution in [0.3, 0.4) is 0 Å². The lowest BCUT2D eigenvalue weighted by Gasteiger charge is -2.14. The highest BCUT2D eigenvalue weighted by molar-refractivity contribution is 8.00. The summed E-state index contributed by atoms with van der Waals surface area (Å²) in [6.45, 7) is 5.85. The van der Waals surface area contributed by atoms with Crippen LogP contribution in [-0.4, -0.2) is 35.1 Å². The highest BCUT2D eigenvalue weighted by Gasteiger charge is 2.19. The summed E-state index contributed by atoms with van der Waals surface area (Å²) in [6, 6.07) is 31.2. The molecule has 0 spiro atoms. The van der Waals surface area contributed by atoms with Crippen molar-refractivity contribution in [3.63, 3.8) is 0 Å². The fourth-order valence-electron chi connectivity index (χ4n) is 4.58. The molecule has 0 radical (unpaired) electrons. The second-order valence-corrected chi connectivity index (χ2v) is 13.3. The lowest BCUT2D eigenvalue weighted by atomic mass is 10.1. The number of thioether (sulfide) groups is 1. The van der Waals surface area contributed by atoms with Gasteiger partial charge in [-0.2, -0.15) is 0 Å². The maximum absolute atomic E-state index is 13.5. The molecule has 0 aliphatic rings. The Morgan fingerprint density at radius 3 is 2.36 bits per heavy atom. The van der Waals surface area contributed by atoms with Crippen molar-refractivity contribution in [1.82, 2.24) is 10.3 Å². The number of hydrogen-bond acceptors (Lipinski definition) is 7. The largest absolute Gasteiger partial charge is 0.497 e. The van der Waals surface area contributed by atoms with Gasteiger partial charge in [-0.25, -0.2) is 4.98 Å². The fraction of sp³-hybridized carbons (Fsp3) is 0.135. The van der Waals surface area contributed by atoms with Crippen molar-refractivity contribution in [2.75, 3.05) is 17.7 Å². The van der Waals surface area contributed by atoms with Crippen molar-refractivity contribution >= 4 is 57.7 Å². The van der Waals surface area contributed by atoms with E-state index in [1.54, 1.807) is 73.8 Å². The van der Waals surface area contributed by atoms with Crippen LogP contribution in [0.2, 0.25) is 0 Å². The van der Waals surface area contributed by atoms with Crippen molar-refractivity contribution in [1.29, 1.82) is 0 Å². The van der Waals surface area contributed by atoms with Gasteiger partial charge < -0.3 is 20.7 Å². The summed E-state index contributed by atoms with van der Waals surface area (Å²) < 4.78 is 5.31. The molecule has 3 N–H and O–H groups in total. The van der Waals surface area contributed by atoms with Crippen molar-refractivity contribution < 1.29 is 19.1 Å². The summed E-state index contributed by atoms with van der Waals surface area (Å²) in [5.74, 6) is -0.484. The van der Waals surface area contributed by atoms with E-state index in [-0.39, 0.29) is 11.6 Å². The Morgan fingerprint density at radius 1 is 0.872 bits per heavy atom. The number of amides is 3. The number of aromatic nitrogens is 1. The molecule has 4 aromatic carbocycles. The first kappa shape index (κ1) is 33.2. The molecule has 10 heteroatoms. The van der Waals surface area contributed by atoms with Crippen LogP contribution in [0.25, 0.3) is 17.3 Å². The number of nitrogens with one attached hydrogen (secondary N) is 3. The Kier molecular flexibility index (Phi) is 10.9. The first-order valence-electron chi connectivity index (χ1n) is 14.8. The minimum atomic E-state index is -0.506. The standard InChI is InChI=1S/C37H34N4O4S2/c1-23-16-18-27(19-17-23)33-24(2)47-37(40-33)41-34(42)25(3)46-31-15-9-13-29(22-31)38-36(44)32(21-26-10-8-14-30(20-26)45-4)39-35(43)28-11-6-5-7-12-28/h5-22,25H,1-4H3,(H,38,44)(H,39,43)(H,40,41,42)/b32-21-. The van der Waals surface area contributed by atoms with E-state index >= 15 is 0 Å². The smallest absolute Gasteiger partial charge is 0.272 e. The number of anilines is 2. The molecule has 1 aromatic heterocycles. The van der Waals surface area contributed by atoms with E-state index in [0.717, 1.165) is 21.0 Å². The molecule has 1 heterocycles. The summed E-state index contributed by atoms with van der Waals surface area (Å²) in [5, 5.41) is 8.69. The molecule has 0 saturated carbocycles. The normalized spacial score (nSPS) is 11.8. The third kappa shape index (κ3) is 8.96. The molecule has 5 rings (SSSR count). The van der Waals surface area contributed by atoms with E-state index in [4.69, 9.17) is 4.74 Å². The van der Waals surface area contributed by atoms with E-state index in [1.165, 1.54) is 28.7 Å². The van der Waals surface area contributed by atoms with Gasteiger partial charge in [-0.05, 0) is 74.9 Å². The number of hydrogen-bond donors (Lipinski definition) is 3. The van der Waals surface area contributed by atoms with Gasteiger partial charge in [0.2, 0.25) is 5.91 Å². The van der Waals surface area contributed by atoms with Crippen LogP contribution in [0.5, 0.6) is 5.75 Å². The van der Waals surface area contributed by atoms with Crippen molar-refractivity contribution in [2.24, 2.45) is 0 Å². The molecule has 3 amide bonds. The zero-order chi connectivity index (χ0) is 33.3. The summed E-state index contributed by atoms with van der Waals surface area (Å²) >= 11 is 2.80. The van der Waals surface area contributed by atoms with Crippen molar-refractivity contribution in [3.8, 4) is 17.0 Å². The molecular weight excluding hydrogens is 629 g/mol. The van der Waals surface area contributed by atoms with Gasteiger partial charge in [0, 0.05) is 26.6 Å². The Labute approximate surface area is 282 Å². The Bertz CT molecular complexity index is 1920. The van der Waals surface area contributed by atoms with Crippen LogP contribution in [0.1, 0.15) is 33.3 Å². The molecule has 0 saturated heterocycles. The third-order valence-electron chi connectivity index (χ3n) is 7.06. The summed E-state index contributed by atoms with van der Waals surface area (Å²) in [4.78, 5) is 46.1. The van der Waals surface area contributed by atoms with Crippen LogP contribution in [0.15, 0.2) is 114 Å². The molecule has 0 fully saturated rings. The number of thiazole rings is 1. The number of methoxy groups -OCH3 is 1. The lowest BCUT2D eigenvalue weighted by Crippen LogP contribution is -2.30. The fourth-order valence-corrected chi connectivity index (χ4v) is 6.34. The van der Waals surface area contributed by atoms with Crippen LogP contribution >= 0.6 is 23.1 Å². The zero-order valence-corrected chi connectivity index (χ0v) is 28.0. The van der Waals surface area contributed by atoms with Gasteiger partial charge in [0.25, 0.3) is 11.8 Å². The minimum absolute atomic E-state index is 0.0571. The van der Waals surface area contributed by atoms with Gasteiger partial charge in [-0.15, -0.1) is 23.1 Å². The minimum Gasteiger partial charge on any atom is -0.497 e. The van der Waals surface area contributed by atoms with Gasteiger partial charge >= 0.3 is 0 Å². The maximum Gasteiger partial charge on any atom is 0.272 e.